The fraction of sp³-hybridized carbons (Fsp3) is 0. The second kappa shape index (κ2) is 8.81. The molecule has 7 rings (SSSR count). The summed E-state index contributed by atoms with van der Waals surface area (Å²) >= 11 is 1.84. The average molecular weight is 505 g/mol. The second-order valence-corrected chi connectivity index (χ2v) is 10.3. The van der Waals surface area contributed by atoms with Gasteiger partial charge in [-0.3, -0.25) is 5.41 Å². The highest BCUT2D eigenvalue weighted by atomic mass is 32.1. The van der Waals surface area contributed by atoms with Crippen molar-refractivity contribution in [3.8, 4) is 11.8 Å². The smallest absolute Gasteiger partial charge is 0.151 e. The molecule has 4 nitrogen and oxygen atoms in total. The van der Waals surface area contributed by atoms with E-state index < -0.39 is 0 Å². The number of benzene rings is 5. The number of nitrogens with zero attached hydrogens (tertiary/aromatic N) is 3. The van der Waals surface area contributed by atoms with Gasteiger partial charge in [-0.2, -0.15) is 5.26 Å². The molecule has 2 heterocycles. The Labute approximate surface area is 222 Å². The van der Waals surface area contributed by atoms with Gasteiger partial charge >= 0.3 is 0 Å². The molecule has 38 heavy (non-hydrogen) atoms. The van der Waals surface area contributed by atoms with Crippen LogP contribution in [0.1, 0.15) is 16.7 Å². The lowest BCUT2D eigenvalue weighted by Gasteiger charge is -2.08. The fourth-order valence-corrected chi connectivity index (χ4v) is 6.22. The van der Waals surface area contributed by atoms with E-state index in [4.69, 9.17) is 10.7 Å². The Balaban J connectivity index is 1.30. The number of para-hydroxylation sites is 1. The minimum absolute atomic E-state index is 0.160. The third kappa shape index (κ3) is 3.59. The Kier molecular flexibility index (Phi) is 5.14. The third-order valence-corrected chi connectivity index (χ3v) is 8.09. The zero-order valence-electron chi connectivity index (χ0n) is 20.2. The van der Waals surface area contributed by atoms with Crippen molar-refractivity contribution >= 4 is 65.4 Å². The Bertz CT molecular complexity index is 2090. The molecule has 0 saturated heterocycles. The monoisotopic (exact) mass is 504 g/mol. The van der Waals surface area contributed by atoms with Crippen LogP contribution < -0.4 is 0 Å². The minimum Gasteiger partial charge on any atom is -0.309 e. The highest BCUT2D eigenvalue weighted by molar-refractivity contribution is 7.25. The Morgan fingerprint density at radius 1 is 0.737 bits per heavy atom. The summed E-state index contributed by atoms with van der Waals surface area (Å²) in [5, 5.41) is 22.3. The third-order valence-electron chi connectivity index (χ3n) is 6.95. The molecular formula is C33H20N4S. The van der Waals surface area contributed by atoms with Gasteiger partial charge in [0.15, 0.2) is 5.84 Å². The number of fused-ring (bicyclic) bond motifs is 6. The maximum Gasteiger partial charge on any atom is 0.151 e. The van der Waals surface area contributed by atoms with Gasteiger partial charge in [-0.1, -0.05) is 48.5 Å². The van der Waals surface area contributed by atoms with E-state index in [9.17, 15) is 0 Å². The van der Waals surface area contributed by atoms with Crippen molar-refractivity contribution in [3.63, 3.8) is 0 Å². The SMILES string of the molecule is N#Cc1ccc(C(=N)N=Cc2ccc(-n3c4ccccc4c4cc5sc6ccccc6c5cc43)cc2)cc1. The van der Waals surface area contributed by atoms with Crippen molar-refractivity contribution in [2.75, 3.05) is 0 Å². The Morgan fingerprint density at radius 2 is 1.47 bits per heavy atom. The lowest BCUT2D eigenvalue weighted by molar-refractivity contribution is 1.18. The Hall–Kier alpha value is -5.05. The molecule has 0 saturated carbocycles. The molecule has 0 spiro atoms. The van der Waals surface area contributed by atoms with Crippen molar-refractivity contribution in [3.05, 3.63) is 126 Å². The summed E-state index contributed by atoms with van der Waals surface area (Å²) in [6.07, 6.45) is 1.71. The number of thiophene rings is 1. The first-order chi connectivity index (χ1) is 18.7. The van der Waals surface area contributed by atoms with Crippen LogP contribution in [0.4, 0.5) is 0 Å². The van der Waals surface area contributed by atoms with E-state index in [2.05, 4.69) is 88.4 Å². The summed E-state index contributed by atoms with van der Waals surface area (Å²) in [5.41, 5.74) is 5.60. The number of amidine groups is 1. The van der Waals surface area contributed by atoms with Gasteiger partial charge in [0.05, 0.1) is 22.7 Å². The lowest BCUT2D eigenvalue weighted by atomic mass is 10.1. The molecule has 0 atom stereocenters. The highest BCUT2D eigenvalue weighted by Crippen LogP contribution is 2.40. The van der Waals surface area contributed by atoms with Crippen LogP contribution in [-0.4, -0.2) is 16.6 Å². The predicted octanol–water partition coefficient (Wildman–Crippen LogP) is 8.47. The maximum absolute atomic E-state index is 8.97. The summed E-state index contributed by atoms with van der Waals surface area (Å²) in [5.74, 6) is 0.160. The molecule has 0 bridgehead atoms. The molecule has 5 heteroatoms. The molecule has 0 aliphatic heterocycles. The zero-order valence-corrected chi connectivity index (χ0v) is 21.0. The molecule has 0 amide bonds. The Morgan fingerprint density at radius 3 is 2.26 bits per heavy atom. The lowest BCUT2D eigenvalue weighted by Crippen LogP contribution is -1.97. The van der Waals surface area contributed by atoms with Crippen molar-refractivity contribution in [2.45, 2.75) is 0 Å². The van der Waals surface area contributed by atoms with Crippen LogP contribution in [0.5, 0.6) is 0 Å². The molecule has 0 radical (unpaired) electrons. The maximum atomic E-state index is 8.97. The number of nitriles is 1. The van der Waals surface area contributed by atoms with Crippen molar-refractivity contribution < 1.29 is 0 Å². The van der Waals surface area contributed by atoms with Crippen molar-refractivity contribution in [2.24, 2.45) is 4.99 Å². The zero-order chi connectivity index (χ0) is 25.6. The van der Waals surface area contributed by atoms with Crippen LogP contribution >= 0.6 is 11.3 Å². The highest BCUT2D eigenvalue weighted by Gasteiger charge is 2.15. The second-order valence-electron chi connectivity index (χ2n) is 9.20. The normalized spacial score (nSPS) is 11.7. The largest absolute Gasteiger partial charge is 0.309 e. The van der Waals surface area contributed by atoms with Crippen molar-refractivity contribution in [1.82, 2.24) is 4.57 Å². The standard InChI is InChI=1S/C33H20N4S/c34-19-21-9-13-23(14-10-21)33(35)36-20-22-11-15-24(16-12-22)37-29-7-3-1-5-25(29)27-18-32-28(17-30(27)37)26-6-2-4-8-31(26)38-32/h1-18,20,35H. The molecule has 1 N–H and O–H groups in total. The van der Waals surface area contributed by atoms with E-state index in [-0.39, 0.29) is 5.84 Å². The molecule has 7 aromatic rings. The molecule has 0 aliphatic rings. The summed E-state index contributed by atoms with van der Waals surface area (Å²) in [7, 11) is 0. The van der Waals surface area contributed by atoms with Gasteiger partial charge < -0.3 is 4.57 Å². The van der Waals surface area contributed by atoms with Crippen LogP contribution in [0.3, 0.4) is 0 Å². The fourth-order valence-electron chi connectivity index (χ4n) is 5.09. The molecule has 0 aliphatic carbocycles. The summed E-state index contributed by atoms with van der Waals surface area (Å²) in [4.78, 5) is 4.34. The topological polar surface area (TPSA) is 64.9 Å². The molecule has 2 aromatic heterocycles. The summed E-state index contributed by atoms with van der Waals surface area (Å²) < 4.78 is 4.94. The first kappa shape index (κ1) is 22.2. The van der Waals surface area contributed by atoms with E-state index in [1.165, 1.54) is 42.0 Å². The van der Waals surface area contributed by atoms with E-state index in [0.29, 0.717) is 11.1 Å². The number of nitrogens with one attached hydrogen (secondary N) is 1. The van der Waals surface area contributed by atoms with Crippen molar-refractivity contribution in [1.29, 1.82) is 10.7 Å². The van der Waals surface area contributed by atoms with Crippen LogP contribution in [0.15, 0.2) is 114 Å². The summed E-state index contributed by atoms with van der Waals surface area (Å²) in [6.45, 7) is 0. The van der Waals surface area contributed by atoms with E-state index in [0.717, 1.165) is 11.3 Å². The average Bonchev–Trinajstić information content (AvgIpc) is 3.50. The molecule has 0 fully saturated rings. The number of aromatic nitrogens is 1. The van der Waals surface area contributed by atoms with Gasteiger partial charge in [0, 0.05) is 48.4 Å². The van der Waals surface area contributed by atoms with Gasteiger partial charge in [-0.05, 0) is 66.2 Å². The molecule has 5 aromatic carbocycles. The van der Waals surface area contributed by atoms with E-state index in [1.54, 1.807) is 30.5 Å². The van der Waals surface area contributed by atoms with Gasteiger partial charge in [0.25, 0.3) is 0 Å². The predicted molar refractivity (Wildman–Crippen MR) is 159 cm³/mol. The first-order valence-electron chi connectivity index (χ1n) is 12.3. The van der Waals surface area contributed by atoms with E-state index in [1.807, 2.05) is 23.5 Å². The number of aliphatic imine (C=N–C) groups is 1. The number of rotatable bonds is 3. The van der Waals surface area contributed by atoms with Gasteiger partial charge in [-0.25, -0.2) is 4.99 Å². The molecule has 0 unspecified atom stereocenters. The quantitative estimate of drug-likeness (QED) is 0.190. The van der Waals surface area contributed by atoms with Crippen LogP contribution in [0.25, 0.3) is 47.7 Å². The molecule has 178 valence electrons. The van der Waals surface area contributed by atoms with Gasteiger partial charge in [0.1, 0.15) is 0 Å². The molecular weight excluding hydrogens is 484 g/mol. The van der Waals surface area contributed by atoms with Gasteiger partial charge in [0.2, 0.25) is 0 Å². The number of hydrogen-bond acceptors (Lipinski definition) is 3. The van der Waals surface area contributed by atoms with Gasteiger partial charge in [-0.15, -0.1) is 11.3 Å². The minimum atomic E-state index is 0.160. The number of hydrogen-bond donors (Lipinski definition) is 1. The van der Waals surface area contributed by atoms with E-state index >= 15 is 0 Å². The first-order valence-corrected chi connectivity index (χ1v) is 13.1. The van der Waals surface area contributed by atoms with Crippen LogP contribution in [0.2, 0.25) is 0 Å². The summed E-state index contributed by atoms with van der Waals surface area (Å²) in [6, 6.07) is 39.1. The van der Waals surface area contributed by atoms with Crippen LogP contribution in [-0.2, 0) is 0 Å². The van der Waals surface area contributed by atoms with Crippen LogP contribution in [0, 0.1) is 16.7 Å².